The lowest BCUT2D eigenvalue weighted by molar-refractivity contribution is 0.183. The standard InChI is InChI=1S/C22H40O2Si/c1-11-23-25(24-12-2,17-13-19(3,4)15-21(17,7)8)18-14-20(5,6)16-22(18,9)10/h13-14H,11-12,15-16H2,1-10H3. The van der Waals surface area contributed by atoms with Crippen LogP contribution in [-0.4, -0.2) is 21.8 Å². The molecule has 2 aliphatic carbocycles. The van der Waals surface area contributed by atoms with E-state index >= 15 is 0 Å². The first-order valence-corrected chi connectivity index (χ1v) is 11.8. The van der Waals surface area contributed by atoms with Crippen LogP contribution in [0.2, 0.25) is 0 Å². The van der Waals surface area contributed by atoms with Crippen LogP contribution in [0.3, 0.4) is 0 Å². The van der Waals surface area contributed by atoms with E-state index in [1.807, 2.05) is 0 Å². The molecule has 144 valence electrons. The predicted octanol–water partition coefficient (Wildman–Crippen LogP) is 6.35. The fraction of sp³-hybridized carbons (Fsp3) is 0.818. The first-order chi connectivity index (χ1) is 11.2. The summed E-state index contributed by atoms with van der Waals surface area (Å²) in [5.41, 5.74) is 0.627. The molecule has 0 saturated carbocycles. The van der Waals surface area contributed by atoms with Gasteiger partial charge in [-0.15, -0.1) is 0 Å². The summed E-state index contributed by atoms with van der Waals surface area (Å²) < 4.78 is 13.4. The number of allylic oxidation sites excluding steroid dienone is 4. The topological polar surface area (TPSA) is 18.5 Å². The third-order valence-corrected chi connectivity index (χ3v) is 10.2. The second kappa shape index (κ2) is 6.35. The van der Waals surface area contributed by atoms with Crippen molar-refractivity contribution in [2.45, 2.75) is 82.1 Å². The fourth-order valence-corrected chi connectivity index (χ4v) is 10.7. The van der Waals surface area contributed by atoms with E-state index in [-0.39, 0.29) is 21.7 Å². The van der Waals surface area contributed by atoms with Crippen molar-refractivity contribution in [3.05, 3.63) is 22.5 Å². The molecule has 0 aromatic rings. The highest BCUT2D eigenvalue weighted by Crippen LogP contribution is 2.58. The average Bonchev–Trinajstić information content (AvgIpc) is 2.76. The fourth-order valence-electron chi connectivity index (χ4n) is 5.73. The summed E-state index contributed by atoms with van der Waals surface area (Å²) in [7, 11) is -2.66. The van der Waals surface area contributed by atoms with Crippen molar-refractivity contribution < 1.29 is 8.85 Å². The second-order valence-corrected chi connectivity index (χ2v) is 13.6. The summed E-state index contributed by atoms with van der Waals surface area (Å²) in [4.78, 5) is 0. The maximum absolute atomic E-state index is 6.68. The molecule has 0 aliphatic heterocycles. The van der Waals surface area contributed by atoms with E-state index in [2.05, 4.69) is 81.4 Å². The molecule has 0 saturated heterocycles. The Bertz CT molecular complexity index is 527. The van der Waals surface area contributed by atoms with E-state index in [0.29, 0.717) is 13.2 Å². The Morgan fingerprint density at radius 3 is 1.24 bits per heavy atom. The Balaban J connectivity index is 2.72. The minimum Gasteiger partial charge on any atom is -0.388 e. The lowest BCUT2D eigenvalue weighted by atomic mass is 9.83. The van der Waals surface area contributed by atoms with E-state index in [4.69, 9.17) is 8.85 Å². The van der Waals surface area contributed by atoms with E-state index in [0.717, 1.165) is 12.8 Å². The molecule has 0 fully saturated rings. The van der Waals surface area contributed by atoms with Gasteiger partial charge in [0.25, 0.3) is 0 Å². The molecule has 0 bridgehead atoms. The van der Waals surface area contributed by atoms with Crippen molar-refractivity contribution >= 4 is 8.56 Å². The molecule has 0 aromatic carbocycles. The maximum atomic E-state index is 6.68. The van der Waals surface area contributed by atoms with Gasteiger partial charge in [-0.1, -0.05) is 67.5 Å². The summed E-state index contributed by atoms with van der Waals surface area (Å²) in [5.74, 6) is 0. The van der Waals surface area contributed by atoms with Crippen LogP contribution in [-0.2, 0) is 8.85 Å². The zero-order valence-electron chi connectivity index (χ0n) is 18.3. The largest absolute Gasteiger partial charge is 0.399 e. The minimum atomic E-state index is -2.66. The predicted molar refractivity (Wildman–Crippen MR) is 110 cm³/mol. The molecule has 3 heteroatoms. The van der Waals surface area contributed by atoms with Gasteiger partial charge in [0, 0.05) is 13.2 Å². The highest BCUT2D eigenvalue weighted by Gasteiger charge is 2.60. The van der Waals surface area contributed by atoms with Gasteiger partial charge in [0.15, 0.2) is 0 Å². The summed E-state index contributed by atoms with van der Waals surface area (Å²) in [6, 6.07) is 0. The van der Waals surface area contributed by atoms with Crippen molar-refractivity contribution in [2.75, 3.05) is 13.2 Å². The molecule has 0 radical (unpaired) electrons. The summed E-state index contributed by atoms with van der Waals surface area (Å²) in [6.45, 7) is 24.5. The molecule has 0 spiro atoms. The third kappa shape index (κ3) is 3.84. The van der Waals surface area contributed by atoms with E-state index in [1.165, 1.54) is 10.4 Å². The van der Waals surface area contributed by atoms with Crippen LogP contribution >= 0.6 is 0 Å². The third-order valence-electron chi connectivity index (χ3n) is 5.73. The Hall–Kier alpha value is -0.383. The number of hydrogen-bond acceptors (Lipinski definition) is 2. The zero-order chi connectivity index (χ0) is 19.3. The number of hydrogen-bond donors (Lipinski definition) is 0. The maximum Gasteiger partial charge on any atom is 0.399 e. The molecular weight excluding hydrogens is 324 g/mol. The second-order valence-electron chi connectivity index (χ2n) is 10.7. The first-order valence-electron chi connectivity index (χ1n) is 9.97. The SMILES string of the molecule is CCO[Si](OCC)(C1=CC(C)(C)CC1(C)C)C1=CC(C)(C)CC1(C)C. The van der Waals surface area contributed by atoms with Gasteiger partial charge < -0.3 is 8.85 Å². The molecule has 25 heavy (non-hydrogen) atoms. The van der Waals surface area contributed by atoms with Gasteiger partial charge in [0.05, 0.1) is 0 Å². The van der Waals surface area contributed by atoms with Gasteiger partial charge in [0.2, 0.25) is 0 Å². The molecular formula is C22H40O2Si. The van der Waals surface area contributed by atoms with E-state index < -0.39 is 8.56 Å². The van der Waals surface area contributed by atoms with Crippen LogP contribution in [0.4, 0.5) is 0 Å². The summed E-state index contributed by atoms with van der Waals surface area (Å²) in [5, 5.41) is 2.90. The van der Waals surface area contributed by atoms with Crippen LogP contribution in [0.15, 0.2) is 22.5 Å². The Kier molecular flexibility index (Phi) is 5.31. The van der Waals surface area contributed by atoms with Crippen molar-refractivity contribution in [1.82, 2.24) is 0 Å². The highest BCUT2D eigenvalue weighted by atomic mass is 28.4. The normalized spacial score (nSPS) is 26.5. The van der Waals surface area contributed by atoms with Gasteiger partial charge in [-0.2, -0.15) is 0 Å². The smallest absolute Gasteiger partial charge is 0.388 e. The van der Waals surface area contributed by atoms with Crippen molar-refractivity contribution in [2.24, 2.45) is 21.7 Å². The van der Waals surface area contributed by atoms with E-state index in [9.17, 15) is 0 Å². The van der Waals surface area contributed by atoms with Gasteiger partial charge in [0.1, 0.15) is 0 Å². The van der Waals surface area contributed by atoms with Crippen LogP contribution in [0.25, 0.3) is 0 Å². The van der Waals surface area contributed by atoms with Crippen LogP contribution in [0.1, 0.15) is 82.1 Å². The summed E-state index contributed by atoms with van der Waals surface area (Å²) >= 11 is 0. The molecule has 0 N–H and O–H groups in total. The average molecular weight is 365 g/mol. The van der Waals surface area contributed by atoms with Crippen LogP contribution in [0.5, 0.6) is 0 Å². The number of rotatable bonds is 6. The molecule has 0 atom stereocenters. The Morgan fingerprint density at radius 1 is 0.720 bits per heavy atom. The molecule has 2 rings (SSSR count). The lowest BCUT2D eigenvalue weighted by Crippen LogP contribution is -2.53. The van der Waals surface area contributed by atoms with Gasteiger partial charge in [-0.25, -0.2) is 0 Å². The molecule has 0 aromatic heterocycles. The Morgan fingerprint density at radius 2 is 1.04 bits per heavy atom. The molecule has 0 unspecified atom stereocenters. The van der Waals surface area contributed by atoms with Gasteiger partial charge >= 0.3 is 8.56 Å². The highest BCUT2D eigenvalue weighted by molar-refractivity contribution is 6.82. The summed E-state index contributed by atoms with van der Waals surface area (Å²) in [6.07, 6.45) is 7.29. The zero-order valence-corrected chi connectivity index (χ0v) is 19.3. The van der Waals surface area contributed by atoms with Crippen molar-refractivity contribution in [1.29, 1.82) is 0 Å². The quantitative estimate of drug-likeness (QED) is 0.512. The van der Waals surface area contributed by atoms with Crippen molar-refractivity contribution in [3.8, 4) is 0 Å². The monoisotopic (exact) mass is 364 g/mol. The van der Waals surface area contributed by atoms with Gasteiger partial charge in [-0.05, 0) is 58.7 Å². The molecule has 2 aliphatic rings. The molecule has 2 nitrogen and oxygen atoms in total. The Labute approximate surface area is 157 Å². The first kappa shape index (κ1) is 20.9. The van der Waals surface area contributed by atoms with Crippen molar-refractivity contribution in [3.63, 3.8) is 0 Å². The minimum absolute atomic E-state index is 0.115. The van der Waals surface area contributed by atoms with Crippen LogP contribution < -0.4 is 0 Å². The van der Waals surface area contributed by atoms with E-state index in [1.54, 1.807) is 0 Å². The van der Waals surface area contributed by atoms with Gasteiger partial charge in [-0.3, -0.25) is 0 Å². The molecule has 0 heterocycles. The molecule has 0 amide bonds. The lowest BCUT2D eigenvalue weighted by Gasteiger charge is -2.42. The van der Waals surface area contributed by atoms with Crippen LogP contribution in [0, 0.1) is 21.7 Å².